The molecule has 0 amide bonds. The molecule has 0 radical (unpaired) electrons. The van der Waals surface area contributed by atoms with Gasteiger partial charge in [0, 0.05) is 65.8 Å². The minimum atomic E-state index is 0.622. The molecule has 7 nitrogen and oxygen atoms in total. The molecule has 0 aliphatic carbocycles. The summed E-state index contributed by atoms with van der Waals surface area (Å²) in [6.45, 7) is 1.38. The Balaban J connectivity index is 1.48. The van der Waals surface area contributed by atoms with Gasteiger partial charge in [-0.05, 0) is 23.8 Å². The van der Waals surface area contributed by atoms with E-state index in [0.29, 0.717) is 6.54 Å². The summed E-state index contributed by atoms with van der Waals surface area (Å²) in [6, 6.07) is 16.6. The molecular formula is C25H21N7. The molecule has 0 aliphatic heterocycles. The lowest BCUT2D eigenvalue weighted by Gasteiger charge is -2.05. The molecule has 0 atom stereocenters. The van der Waals surface area contributed by atoms with E-state index in [1.165, 1.54) is 5.56 Å². The fraction of sp³-hybridized carbons (Fsp3) is 0.120. The Morgan fingerprint density at radius 2 is 1.69 bits per heavy atom. The Kier molecular flexibility index (Phi) is 4.31. The van der Waals surface area contributed by atoms with Crippen LogP contribution in [-0.2, 0) is 20.1 Å². The minimum Gasteiger partial charge on any atom is -0.328 e. The van der Waals surface area contributed by atoms with Crippen LogP contribution >= 0.6 is 0 Å². The number of aromatic nitrogens is 7. The third-order valence-electron chi connectivity index (χ3n) is 5.75. The first kappa shape index (κ1) is 18.5. The molecule has 0 spiro atoms. The lowest BCUT2D eigenvalue weighted by atomic mass is 10.1. The first-order valence-electron chi connectivity index (χ1n) is 10.5. The molecule has 0 unspecified atom stereocenters. The first-order valence-corrected chi connectivity index (χ1v) is 10.5. The van der Waals surface area contributed by atoms with Gasteiger partial charge in [0.15, 0.2) is 5.65 Å². The van der Waals surface area contributed by atoms with Crippen LogP contribution in [0.5, 0.6) is 0 Å². The molecule has 0 N–H and O–H groups in total. The molecular weight excluding hydrogens is 398 g/mol. The minimum absolute atomic E-state index is 0.622. The number of fused-ring (bicyclic) bond motifs is 2. The normalized spacial score (nSPS) is 11.5. The van der Waals surface area contributed by atoms with Crippen LogP contribution in [0.15, 0.2) is 85.7 Å². The van der Waals surface area contributed by atoms with Crippen molar-refractivity contribution in [2.24, 2.45) is 7.05 Å². The van der Waals surface area contributed by atoms with Gasteiger partial charge in [0.1, 0.15) is 5.65 Å². The average Bonchev–Trinajstić information content (AvgIpc) is 3.53. The Morgan fingerprint density at radius 1 is 0.781 bits per heavy atom. The van der Waals surface area contributed by atoms with Gasteiger partial charge < -0.3 is 4.57 Å². The summed E-state index contributed by atoms with van der Waals surface area (Å²) < 4.78 is 5.97. The first-order chi connectivity index (χ1) is 15.7. The third kappa shape index (κ3) is 3.24. The Morgan fingerprint density at radius 3 is 2.53 bits per heavy atom. The molecule has 32 heavy (non-hydrogen) atoms. The molecule has 0 bridgehead atoms. The maximum absolute atomic E-state index is 4.86. The summed E-state index contributed by atoms with van der Waals surface area (Å²) in [6.07, 6.45) is 11.7. The molecule has 0 saturated carbocycles. The molecule has 0 fully saturated rings. The van der Waals surface area contributed by atoms with Gasteiger partial charge in [-0.1, -0.05) is 30.3 Å². The fourth-order valence-electron chi connectivity index (χ4n) is 4.19. The van der Waals surface area contributed by atoms with Crippen LogP contribution in [-0.4, -0.2) is 34.1 Å². The molecule has 6 rings (SSSR count). The largest absolute Gasteiger partial charge is 0.328 e. The average molecular weight is 419 g/mol. The van der Waals surface area contributed by atoms with Crippen molar-refractivity contribution in [3.05, 3.63) is 96.8 Å². The van der Waals surface area contributed by atoms with Crippen LogP contribution in [0.4, 0.5) is 0 Å². The monoisotopic (exact) mass is 419 g/mol. The van der Waals surface area contributed by atoms with Crippen molar-refractivity contribution < 1.29 is 0 Å². The quantitative estimate of drug-likeness (QED) is 0.418. The van der Waals surface area contributed by atoms with Crippen LogP contribution in [0.3, 0.4) is 0 Å². The highest BCUT2D eigenvalue weighted by Gasteiger charge is 2.15. The van der Waals surface area contributed by atoms with E-state index in [9.17, 15) is 0 Å². The van der Waals surface area contributed by atoms with E-state index in [2.05, 4.69) is 56.3 Å². The van der Waals surface area contributed by atoms with Crippen LogP contribution in [0.1, 0.15) is 11.1 Å². The van der Waals surface area contributed by atoms with Gasteiger partial charge in [0.25, 0.3) is 0 Å². The number of benzene rings is 1. The highest BCUT2D eigenvalue weighted by molar-refractivity contribution is 5.85. The zero-order valence-electron chi connectivity index (χ0n) is 17.6. The second-order valence-electron chi connectivity index (χ2n) is 7.98. The zero-order chi connectivity index (χ0) is 21.5. The number of aryl methyl sites for hydroxylation is 1. The van der Waals surface area contributed by atoms with Gasteiger partial charge in [0.05, 0.1) is 18.9 Å². The van der Waals surface area contributed by atoms with Gasteiger partial charge >= 0.3 is 0 Å². The molecule has 0 aliphatic rings. The third-order valence-corrected chi connectivity index (χ3v) is 5.75. The Labute approximate surface area is 184 Å². The van der Waals surface area contributed by atoms with Crippen molar-refractivity contribution in [2.45, 2.75) is 13.1 Å². The Bertz CT molecular complexity index is 1540. The summed E-state index contributed by atoms with van der Waals surface area (Å²) in [5, 5.41) is 11.0. The van der Waals surface area contributed by atoms with Crippen LogP contribution < -0.4 is 0 Å². The van der Waals surface area contributed by atoms with Gasteiger partial charge in [0.2, 0.25) is 0 Å². The summed E-state index contributed by atoms with van der Waals surface area (Å²) >= 11 is 0. The molecule has 7 heteroatoms. The predicted molar refractivity (Wildman–Crippen MR) is 124 cm³/mol. The van der Waals surface area contributed by atoms with Gasteiger partial charge in [-0.2, -0.15) is 10.2 Å². The van der Waals surface area contributed by atoms with E-state index in [-0.39, 0.29) is 0 Å². The van der Waals surface area contributed by atoms with Crippen molar-refractivity contribution in [1.29, 1.82) is 0 Å². The molecule has 5 heterocycles. The van der Waals surface area contributed by atoms with Gasteiger partial charge in [-0.3, -0.25) is 4.68 Å². The standard InChI is InChI=1S/C25H21N7/c1-30-15-21(13-28-30)20-10-23-22(17-32-24-19(12-29-32)8-5-9-26-24)16-31(25(23)27-11-20)14-18-6-3-2-4-7-18/h2-13,15-16H,14,17H2,1H3. The van der Waals surface area contributed by atoms with E-state index in [0.717, 1.165) is 45.3 Å². The highest BCUT2D eigenvalue weighted by Crippen LogP contribution is 2.28. The summed E-state index contributed by atoms with van der Waals surface area (Å²) in [7, 11) is 1.92. The number of hydrogen-bond acceptors (Lipinski definition) is 4. The van der Waals surface area contributed by atoms with Gasteiger partial charge in [-0.15, -0.1) is 0 Å². The molecule has 0 saturated heterocycles. The second kappa shape index (κ2) is 7.46. The van der Waals surface area contributed by atoms with E-state index in [1.54, 1.807) is 6.20 Å². The number of nitrogens with zero attached hydrogens (tertiary/aromatic N) is 7. The topological polar surface area (TPSA) is 66.3 Å². The lowest BCUT2D eigenvalue weighted by molar-refractivity contribution is 0.702. The van der Waals surface area contributed by atoms with Crippen LogP contribution in [0.25, 0.3) is 33.2 Å². The number of hydrogen-bond donors (Lipinski definition) is 0. The van der Waals surface area contributed by atoms with E-state index in [1.807, 2.05) is 59.4 Å². The second-order valence-corrected chi connectivity index (χ2v) is 7.98. The van der Waals surface area contributed by atoms with E-state index >= 15 is 0 Å². The Hall–Kier alpha value is -4.26. The SMILES string of the molecule is Cn1cc(-c2cnc3c(c2)c(Cn2ncc4cccnc42)cn3Cc2ccccc2)cn1. The fourth-order valence-corrected chi connectivity index (χ4v) is 4.19. The van der Waals surface area contributed by atoms with E-state index < -0.39 is 0 Å². The van der Waals surface area contributed by atoms with Crippen molar-refractivity contribution in [2.75, 3.05) is 0 Å². The van der Waals surface area contributed by atoms with Gasteiger partial charge in [-0.25, -0.2) is 14.6 Å². The lowest BCUT2D eigenvalue weighted by Crippen LogP contribution is -2.02. The number of pyridine rings is 2. The van der Waals surface area contributed by atoms with Crippen molar-refractivity contribution in [3.63, 3.8) is 0 Å². The number of rotatable bonds is 5. The maximum Gasteiger partial charge on any atom is 0.158 e. The van der Waals surface area contributed by atoms with Crippen molar-refractivity contribution in [1.82, 2.24) is 34.1 Å². The van der Waals surface area contributed by atoms with Crippen molar-refractivity contribution >= 4 is 22.1 Å². The molecule has 5 aromatic heterocycles. The molecule has 1 aromatic carbocycles. The summed E-state index contributed by atoms with van der Waals surface area (Å²) in [5.74, 6) is 0. The highest BCUT2D eigenvalue weighted by atomic mass is 15.3. The van der Waals surface area contributed by atoms with Crippen LogP contribution in [0, 0.1) is 0 Å². The predicted octanol–water partition coefficient (Wildman–Crippen LogP) is 4.28. The summed E-state index contributed by atoms with van der Waals surface area (Å²) in [5.41, 5.74) is 6.33. The summed E-state index contributed by atoms with van der Waals surface area (Å²) in [4.78, 5) is 9.38. The molecule has 156 valence electrons. The van der Waals surface area contributed by atoms with Crippen LogP contribution in [0.2, 0.25) is 0 Å². The smallest absolute Gasteiger partial charge is 0.158 e. The van der Waals surface area contributed by atoms with Crippen molar-refractivity contribution in [3.8, 4) is 11.1 Å². The zero-order valence-corrected chi connectivity index (χ0v) is 17.6. The van der Waals surface area contributed by atoms with E-state index in [4.69, 9.17) is 4.98 Å². The molecule has 6 aromatic rings. The maximum atomic E-state index is 4.86.